The molecule has 4 rings (SSSR count). The molecule has 0 radical (unpaired) electrons. The maximum Gasteiger partial charge on any atom is 0.259 e. The van der Waals surface area contributed by atoms with Gasteiger partial charge in [0.2, 0.25) is 0 Å². The Morgan fingerprint density at radius 1 is 1.38 bits per heavy atom. The van der Waals surface area contributed by atoms with Gasteiger partial charge < -0.3 is 15.2 Å². The van der Waals surface area contributed by atoms with Crippen LogP contribution in [0.2, 0.25) is 0 Å². The summed E-state index contributed by atoms with van der Waals surface area (Å²) in [5.74, 6) is 0.437. The molecular weight excluding hydrogens is 328 g/mol. The second-order valence-corrected chi connectivity index (χ2v) is 8.17. The van der Waals surface area contributed by atoms with Gasteiger partial charge in [0.15, 0.2) is 0 Å². The summed E-state index contributed by atoms with van der Waals surface area (Å²) in [7, 11) is 0. The predicted molar refractivity (Wildman–Crippen MR) is 100 cm³/mol. The number of carbonyl (C=O) groups is 1. The number of nitrogens with one attached hydrogen (secondary N) is 2. The first-order valence-electron chi connectivity index (χ1n) is 9.88. The van der Waals surface area contributed by atoms with Crippen molar-refractivity contribution in [3.63, 3.8) is 0 Å². The predicted octanol–water partition coefficient (Wildman–Crippen LogP) is 3.17. The van der Waals surface area contributed by atoms with Crippen LogP contribution in [0.4, 0.5) is 0 Å². The highest BCUT2D eigenvalue weighted by Crippen LogP contribution is 2.40. The smallest absolute Gasteiger partial charge is 0.259 e. The molecule has 26 heavy (non-hydrogen) atoms. The Morgan fingerprint density at radius 2 is 2.15 bits per heavy atom. The third kappa shape index (κ3) is 3.47. The van der Waals surface area contributed by atoms with Crippen LogP contribution in [0.25, 0.3) is 11.1 Å². The van der Waals surface area contributed by atoms with Gasteiger partial charge in [0.1, 0.15) is 0 Å². The number of fused-ring (bicyclic) bond motifs is 1. The zero-order valence-electron chi connectivity index (χ0n) is 15.7. The molecule has 6 heteroatoms. The first-order chi connectivity index (χ1) is 12.6. The van der Waals surface area contributed by atoms with Crippen molar-refractivity contribution >= 4 is 17.0 Å². The lowest BCUT2D eigenvalue weighted by Gasteiger charge is -2.34. The summed E-state index contributed by atoms with van der Waals surface area (Å²) in [6.45, 7) is 7.09. The molecule has 6 nitrogen and oxygen atoms in total. The van der Waals surface area contributed by atoms with E-state index in [4.69, 9.17) is 4.52 Å². The molecule has 2 aromatic heterocycles. The molecular formula is C20H28N4O2. The molecule has 0 bridgehead atoms. The Hall–Kier alpha value is -1.95. The van der Waals surface area contributed by atoms with Gasteiger partial charge in [0.25, 0.3) is 11.6 Å². The molecule has 1 saturated carbocycles. The Bertz CT molecular complexity index is 803. The van der Waals surface area contributed by atoms with E-state index in [0.717, 1.165) is 68.4 Å². The van der Waals surface area contributed by atoms with Crippen LogP contribution in [-0.2, 0) is 6.42 Å². The number of carbonyl (C=O) groups excluding carboxylic acids is 1. The number of rotatable bonds is 6. The van der Waals surface area contributed by atoms with Crippen molar-refractivity contribution in [1.29, 1.82) is 0 Å². The highest BCUT2D eigenvalue weighted by molar-refractivity contribution is 6.06. The number of nitrogens with zero attached hydrogens (tertiary/aromatic N) is 2. The van der Waals surface area contributed by atoms with Crippen LogP contribution in [-0.4, -0.2) is 35.7 Å². The second-order valence-electron chi connectivity index (χ2n) is 8.17. The van der Waals surface area contributed by atoms with Crippen molar-refractivity contribution in [2.24, 2.45) is 5.41 Å². The number of pyridine rings is 1. The lowest BCUT2D eigenvalue weighted by atomic mass is 9.81. The van der Waals surface area contributed by atoms with Gasteiger partial charge in [-0.15, -0.1) is 0 Å². The lowest BCUT2D eigenvalue weighted by Crippen LogP contribution is -2.43. The SMILES string of the molecule is CCCc1noc2nc(C3CC3)cc(C(=O)NCC3(C)CCNCC3)c12. The molecule has 2 N–H and O–H groups in total. The van der Waals surface area contributed by atoms with Gasteiger partial charge >= 0.3 is 0 Å². The average molecular weight is 356 g/mol. The minimum atomic E-state index is -0.0281. The van der Waals surface area contributed by atoms with E-state index in [1.807, 2.05) is 6.07 Å². The van der Waals surface area contributed by atoms with Crippen molar-refractivity contribution in [2.45, 2.75) is 58.3 Å². The summed E-state index contributed by atoms with van der Waals surface area (Å²) in [5, 5.41) is 11.6. The summed E-state index contributed by atoms with van der Waals surface area (Å²) in [6.07, 6.45) is 6.20. The van der Waals surface area contributed by atoms with Crippen LogP contribution in [0.1, 0.15) is 73.6 Å². The maximum atomic E-state index is 13.1. The maximum absolute atomic E-state index is 13.1. The van der Waals surface area contributed by atoms with Crippen LogP contribution >= 0.6 is 0 Å². The molecule has 3 heterocycles. The van der Waals surface area contributed by atoms with E-state index in [0.29, 0.717) is 23.7 Å². The quantitative estimate of drug-likeness (QED) is 0.831. The van der Waals surface area contributed by atoms with E-state index in [9.17, 15) is 4.79 Å². The van der Waals surface area contributed by atoms with Gasteiger partial charge in [-0.25, -0.2) is 4.98 Å². The molecule has 2 fully saturated rings. The van der Waals surface area contributed by atoms with Crippen LogP contribution in [0.5, 0.6) is 0 Å². The third-order valence-electron chi connectivity index (χ3n) is 5.75. The van der Waals surface area contributed by atoms with Crippen LogP contribution in [0, 0.1) is 5.41 Å². The summed E-state index contributed by atoms with van der Waals surface area (Å²) < 4.78 is 5.48. The normalized spacial score (nSPS) is 19.6. The number of piperidine rings is 1. The lowest BCUT2D eigenvalue weighted by molar-refractivity contribution is 0.0923. The Morgan fingerprint density at radius 3 is 2.85 bits per heavy atom. The minimum Gasteiger partial charge on any atom is -0.351 e. The Kier molecular flexibility index (Phi) is 4.69. The summed E-state index contributed by atoms with van der Waals surface area (Å²) in [5.41, 5.74) is 3.16. The molecule has 140 valence electrons. The number of hydrogen-bond acceptors (Lipinski definition) is 5. The fourth-order valence-electron chi connectivity index (χ4n) is 3.80. The molecule has 0 spiro atoms. The Labute approximate surface area is 154 Å². The standard InChI is InChI=1S/C20H28N4O2/c1-3-4-15-17-14(11-16(13-5-6-13)23-19(17)26-24-15)18(25)22-12-20(2)7-9-21-10-8-20/h11,13,21H,3-10,12H2,1-2H3,(H,22,25). The van der Waals surface area contributed by atoms with Gasteiger partial charge in [-0.1, -0.05) is 25.4 Å². The van der Waals surface area contributed by atoms with Gasteiger partial charge in [0, 0.05) is 18.2 Å². The van der Waals surface area contributed by atoms with E-state index >= 15 is 0 Å². The van der Waals surface area contributed by atoms with E-state index in [2.05, 4.69) is 34.6 Å². The van der Waals surface area contributed by atoms with Crippen molar-refractivity contribution in [3.05, 3.63) is 23.0 Å². The number of aromatic nitrogens is 2. The molecule has 2 aromatic rings. The molecule has 1 aliphatic carbocycles. The van der Waals surface area contributed by atoms with Gasteiger partial charge in [-0.3, -0.25) is 4.79 Å². The van der Waals surface area contributed by atoms with E-state index in [1.54, 1.807) is 0 Å². The molecule has 1 aliphatic heterocycles. The molecule has 2 aliphatic rings. The zero-order valence-corrected chi connectivity index (χ0v) is 15.7. The van der Waals surface area contributed by atoms with Crippen molar-refractivity contribution in [3.8, 4) is 0 Å². The highest BCUT2D eigenvalue weighted by Gasteiger charge is 2.30. The van der Waals surface area contributed by atoms with E-state index in [1.165, 1.54) is 0 Å². The highest BCUT2D eigenvalue weighted by atomic mass is 16.5. The average Bonchev–Trinajstić information content (AvgIpc) is 3.42. The van der Waals surface area contributed by atoms with Crippen molar-refractivity contribution in [1.82, 2.24) is 20.8 Å². The van der Waals surface area contributed by atoms with Crippen molar-refractivity contribution in [2.75, 3.05) is 19.6 Å². The zero-order chi connectivity index (χ0) is 18.1. The fourth-order valence-corrected chi connectivity index (χ4v) is 3.80. The first-order valence-corrected chi connectivity index (χ1v) is 9.88. The topological polar surface area (TPSA) is 80.0 Å². The fraction of sp³-hybridized carbons (Fsp3) is 0.650. The van der Waals surface area contributed by atoms with E-state index < -0.39 is 0 Å². The van der Waals surface area contributed by atoms with E-state index in [-0.39, 0.29) is 11.3 Å². The van der Waals surface area contributed by atoms with Gasteiger partial charge in [-0.05, 0) is 56.7 Å². The summed E-state index contributed by atoms with van der Waals surface area (Å²) in [6, 6.07) is 1.97. The Balaban J connectivity index is 1.62. The molecule has 1 saturated heterocycles. The van der Waals surface area contributed by atoms with Gasteiger partial charge in [-0.2, -0.15) is 0 Å². The van der Waals surface area contributed by atoms with Crippen molar-refractivity contribution < 1.29 is 9.32 Å². The van der Waals surface area contributed by atoms with Crippen LogP contribution < -0.4 is 10.6 Å². The largest absolute Gasteiger partial charge is 0.351 e. The third-order valence-corrected chi connectivity index (χ3v) is 5.75. The molecule has 1 amide bonds. The number of aryl methyl sites for hydroxylation is 1. The molecule has 0 atom stereocenters. The molecule has 0 unspecified atom stereocenters. The van der Waals surface area contributed by atoms with Crippen LogP contribution in [0.3, 0.4) is 0 Å². The summed E-state index contributed by atoms with van der Waals surface area (Å²) in [4.78, 5) is 17.7. The van der Waals surface area contributed by atoms with Crippen LogP contribution in [0.15, 0.2) is 10.6 Å². The second kappa shape index (κ2) is 6.99. The van der Waals surface area contributed by atoms with Gasteiger partial charge in [0.05, 0.1) is 16.6 Å². The summed E-state index contributed by atoms with van der Waals surface area (Å²) >= 11 is 0. The molecule has 0 aromatic carbocycles. The first kappa shape index (κ1) is 17.5. The number of amides is 1. The minimum absolute atomic E-state index is 0.0281. The number of hydrogen-bond donors (Lipinski definition) is 2. The monoisotopic (exact) mass is 356 g/mol.